The zero-order valence-electron chi connectivity index (χ0n) is 11.2. The topological polar surface area (TPSA) is 36.1 Å². The van der Waals surface area contributed by atoms with Gasteiger partial charge in [-0.3, -0.25) is 4.79 Å². The first-order valence-corrected chi connectivity index (χ1v) is 7.21. The lowest BCUT2D eigenvalue weighted by molar-refractivity contribution is 0.0742. The first-order chi connectivity index (χ1) is 9.34. The maximum Gasteiger partial charge on any atom is 0.253 e. The van der Waals surface area contributed by atoms with Gasteiger partial charge in [0.15, 0.2) is 0 Å². The van der Waals surface area contributed by atoms with E-state index in [1.165, 1.54) is 19.3 Å². The Hall–Kier alpha value is -1.77. The molecule has 1 N–H and O–H groups in total. The van der Waals surface area contributed by atoms with Crippen LogP contribution in [0.5, 0.6) is 0 Å². The van der Waals surface area contributed by atoms with Crippen LogP contribution in [0.2, 0.25) is 0 Å². The standard InChI is InChI=1S/C16H20N2O/c19-16(18-10-4-2-1-3-5-11-18)14-6-7-15-13(12-14)8-9-17-15/h6-9,12,17H,1-5,10-11H2. The summed E-state index contributed by atoms with van der Waals surface area (Å²) in [7, 11) is 0. The second-order valence-electron chi connectivity index (χ2n) is 5.34. The quantitative estimate of drug-likeness (QED) is 0.832. The van der Waals surface area contributed by atoms with E-state index in [0.29, 0.717) is 0 Å². The van der Waals surface area contributed by atoms with Gasteiger partial charge < -0.3 is 9.88 Å². The monoisotopic (exact) mass is 256 g/mol. The summed E-state index contributed by atoms with van der Waals surface area (Å²) in [5.74, 6) is 0.185. The van der Waals surface area contributed by atoms with E-state index in [1.54, 1.807) is 0 Å². The van der Waals surface area contributed by atoms with Crippen LogP contribution in [0, 0.1) is 0 Å². The third-order valence-corrected chi connectivity index (χ3v) is 3.94. The molecule has 0 bridgehead atoms. The van der Waals surface area contributed by atoms with Crippen LogP contribution in [0.3, 0.4) is 0 Å². The fourth-order valence-corrected chi connectivity index (χ4v) is 2.82. The van der Waals surface area contributed by atoms with E-state index >= 15 is 0 Å². The summed E-state index contributed by atoms with van der Waals surface area (Å²) in [4.78, 5) is 17.7. The van der Waals surface area contributed by atoms with E-state index in [4.69, 9.17) is 0 Å². The van der Waals surface area contributed by atoms with Crippen molar-refractivity contribution in [2.45, 2.75) is 32.1 Å². The maximum absolute atomic E-state index is 12.5. The number of H-pyrrole nitrogens is 1. The van der Waals surface area contributed by atoms with Crippen molar-refractivity contribution in [3.8, 4) is 0 Å². The molecule has 19 heavy (non-hydrogen) atoms. The average Bonchev–Trinajstić information content (AvgIpc) is 2.84. The molecule has 0 radical (unpaired) electrons. The third kappa shape index (κ3) is 2.65. The number of nitrogens with one attached hydrogen (secondary N) is 1. The maximum atomic E-state index is 12.5. The van der Waals surface area contributed by atoms with Gasteiger partial charge in [-0.15, -0.1) is 0 Å². The Kier molecular flexibility index (Phi) is 3.53. The molecule has 0 aliphatic carbocycles. The molecular formula is C16H20N2O. The number of carbonyl (C=O) groups is 1. The molecule has 3 heteroatoms. The third-order valence-electron chi connectivity index (χ3n) is 3.94. The number of benzene rings is 1. The second kappa shape index (κ2) is 5.47. The van der Waals surface area contributed by atoms with Gasteiger partial charge in [-0.25, -0.2) is 0 Å². The highest BCUT2D eigenvalue weighted by atomic mass is 16.2. The molecule has 2 heterocycles. The Labute approximate surface area is 113 Å². The van der Waals surface area contributed by atoms with Gasteiger partial charge in [0.25, 0.3) is 5.91 Å². The lowest BCUT2D eigenvalue weighted by Crippen LogP contribution is -2.33. The lowest BCUT2D eigenvalue weighted by atomic mass is 10.1. The van der Waals surface area contributed by atoms with Crippen LogP contribution in [-0.2, 0) is 0 Å². The van der Waals surface area contributed by atoms with Crippen molar-refractivity contribution < 1.29 is 4.79 Å². The van der Waals surface area contributed by atoms with E-state index in [0.717, 1.165) is 42.4 Å². The molecule has 3 nitrogen and oxygen atoms in total. The van der Waals surface area contributed by atoms with E-state index < -0.39 is 0 Å². The highest BCUT2D eigenvalue weighted by Crippen LogP contribution is 2.18. The van der Waals surface area contributed by atoms with E-state index in [2.05, 4.69) is 4.98 Å². The zero-order chi connectivity index (χ0) is 13.1. The van der Waals surface area contributed by atoms with Crippen LogP contribution >= 0.6 is 0 Å². The molecule has 100 valence electrons. The van der Waals surface area contributed by atoms with Crippen molar-refractivity contribution in [2.75, 3.05) is 13.1 Å². The van der Waals surface area contributed by atoms with Crippen LogP contribution in [0.15, 0.2) is 30.5 Å². The fourth-order valence-electron chi connectivity index (χ4n) is 2.82. The number of hydrogen-bond donors (Lipinski definition) is 1. The van der Waals surface area contributed by atoms with Gasteiger partial charge in [0, 0.05) is 35.8 Å². The normalized spacial score (nSPS) is 17.2. The second-order valence-corrected chi connectivity index (χ2v) is 5.34. The fraction of sp³-hybridized carbons (Fsp3) is 0.438. The number of rotatable bonds is 1. The molecule has 1 aromatic heterocycles. The zero-order valence-corrected chi connectivity index (χ0v) is 11.2. The number of carbonyl (C=O) groups excluding carboxylic acids is 1. The summed E-state index contributed by atoms with van der Waals surface area (Å²) >= 11 is 0. The predicted octanol–water partition coefficient (Wildman–Crippen LogP) is 3.57. The minimum Gasteiger partial charge on any atom is -0.361 e. The van der Waals surface area contributed by atoms with Gasteiger partial charge in [0.2, 0.25) is 0 Å². The minimum atomic E-state index is 0.185. The summed E-state index contributed by atoms with van der Waals surface area (Å²) < 4.78 is 0. The molecule has 1 aliphatic rings. The summed E-state index contributed by atoms with van der Waals surface area (Å²) in [6.07, 6.45) is 8.00. The van der Waals surface area contributed by atoms with Gasteiger partial charge in [-0.1, -0.05) is 19.3 Å². The van der Waals surface area contributed by atoms with Gasteiger partial charge >= 0.3 is 0 Å². The molecule has 3 rings (SSSR count). The summed E-state index contributed by atoms with van der Waals surface area (Å²) in [6.45, 7) is 1.81. The molecule has 0 unspecified atom stereocenters. The van der Waals surface area contributed by atoms with Crippen LogP contribution in [0.1, 0.15) is 42.5 Å². The van der Waals surface area contributed by atoms with Gasteiger partial charge in [-0.05, 0) is 37.1 Å². The molecule has 1 aliphatic heterocycles. The Morgan fingerprint density at radius 3 is 2.53 bits per heavy atom. The van der Waals surface area contributed by atoms with E-state index in [-0.39, 0.29) is 5.91 Å². The Bertz CT molecular complexity index is 565. The molecule has 0 saturated carbocycles. The molecule has 1 aromatic carbocycles. The highest BCUT2D eigenvalue weighted by Gasteiger charge is 2.16. The Balaban J connectivity index is 1.80. The molecule has 1 fully saturated rings. The van der Waals surface area contributed by atoms with Crippen molar-refractivity contribution in [1.29, 1.82) is 0 Å². The first-order valence-electron chi connectivity index (χ1n) is 7.21. The SMILES string of the molecule is O=C(c1ccc2[nH]ccc2c1)N1CCCCCCC1. The van der Waals surface area contributed by atoms with Gasteiger partial charge in [0.05, 0.1) is 0 Å². The Morgan fingerprint density at radius 2 is 1.74 bits per heavy atom. The van der Waals surface area contributed by atoms with Crippen LogP contribution in [-0.4, -0.2) is 28.9 Å². The van der Waals surface area contributed by atoms with Crippen LogP contribution in [0.25, 0.3) is 10.9 Å². The van der Waals surface area contributed by atoms with E-state index in [1.807, 2.05) is 35.4 Å². The molecular weight excluding hydrogens is 236 g/mol. The van der Waals surface area contributed by atoms with Crippen molar-refractivity contribution in [3.05, 3.63) is 36.0 Å². The van der Waals surface area contributed by atoms with Crippen molar-refractivity contribution >= 4 is 16.8 Å². The molecule has 0 spiro atoms. The smallest absolute Gasteiger partial charge is 0.253 e. The van der Waals surface area contributed by atoms with Crippen molar-refractivity contribution in [1.82, 2.24) is 9.88 Å². The Morgan fingerprint density at radius 1 is 1.00 bits per heavy atom. The lowest BCUT2D eigenvalue weighted by Gasteiger charge is -2.24. The number of amides is 1. The number of fused-ring (bicyclic) bond motifs is 1. The number of likely N-dealkylation sites (tertiary alicyclic amines) is 1. The average molecular weight is 256 g/mol. The number of aromatic nitrogens is 1. The molecule has 1 amide bonds. The first kappa shape index (κ1) is 12.3. The number of nitrogens with zero attached hydrogens (tertiary/aromatic N) is 1. The van der Waals surface area contributed by atoms with Crippen LogP contribution in [0.4, 0.5) is 0 Å². The van der Waals surface area contributed by atoms with Gasteiger partial charge in [-0.2, -0.15) is 0 Å². The molecule has 0 atom stereocenters. The summed E-state index contributed by atoms with van der Waals surface area (Å²) in [5.41, 5.74) is 1.90. The highest BCUT2D eigenvalue weighted by molar-refractivity contribution is 5.98. The van der Waals surface area contributed by atoms with Gasteiger partial charge in [0.1, 0.15) is 0 Å². The summed E-state index contributed by atoms with van der Waals surface area (Å²) in [6, 6.07) is 7.93. The molecule has 2 aromatic rings. The molecule has 1 saturated heterocycles. The van der Waals surface area contributed by atoms with Crippen molar-refractivity contribution in [3.63, 3.8) is 0 Å². The van der Waals surface area contributed by atoms with Crippen molar-refractivity contribution in [2.24, 2.45) is 0 Å². The minimum absolute atomic E-state index is 0.185. The largest absolute Gasteiger partial charge is 0.361 e. The predicted molar refractivity (Wildman–Crippen MR) is 77.3 cm³/mol. The number of aromatic amines is 1. The van der Waals surface area contributed by atoms with E-state index in [9.17, 15) is 4.79 Å². The number of hydrogen-bond acceptors (Lipinski definition) is 1. The van der Waals surface area contributed by atoms with Crippen LogP contribution < -0.4 is 0 Å². The summed E-state index contributed by atoms with van der Waals surface area (Å²) in [5, 5.41) is 1.11.